The van der Waals surface area contributed by atoms with E-state index >= 15 is 0 Å². The molecule has 0 fully saturated rings. The van der Waals surface area contributed by atoms with Crippen molar-refractivity contribution >= 4 is 6.60 Å². The first kappa shape index (κ1) is 10.4. The van der Waals surface area contributed by atoms with Crippen molar-refractivity contribution in [3.05, 3.63) is 0 Å². The molecule has 0 aliphatic rings. The summed E-state index contributed by atoms with van der Waals surface area (Å²) in [5.41, 5.74) is 0. The number of rotatable bonds is 4. The van der Waals surface area contributed by atoms with Gasteiger partial charge >= 0.3 is 65.6 Å². The molecule has 10 heavy (non-hydrogen) atoms. The van der Waals surface area contributed by atoms with Gasteiger partial charge in [-0.25, -0.2) is 0 Å². The molecule has 1 heteroatoms. The van der Waals surface area contributed by atoms with E-state index in [2.05, 4.69) is 34.1 Å². The topological polar surface area (TPSA) is 0 Å². The summed E-state index contributed by atoms with van der Waals surface area (Å²) in [6.45, 7) is 10.9. The van der Waals surface area contributed by atoms with E-state index in [4.69, 9.17) is 0 Å². The van der Waals surface area contributed by atoms with Crippen LogP contribution in [-0.4, -0.2) is 31.8 Å². The second kappa shape index (κ2) is 3.22. The summed E-state index contributed by atoms with van der Waals surface area (Å²) in [5, 5.41) is 0. The van der Waals surface area contributed by atoms with Crippen molar-refractivity contribution in [2.24, 2.45) is 0 Å². The summed E-state index contributed by atoms with van der Waals surface area (Å²) >= 11 is 0. The molecule has 0 bridgehead atoms. The van der Waals surface area contributed by atoms with Crippen LogP contribution in [0.4, 0.5) is 0 Å². The summed E-state index contributed by atoms with van der Waals surface area (Å²) in [6, 6.07) is 0. The summed E-state index contributed by atoms with van der Waals surface area (Å²) in [7, 11) is 0. The van der Waals surface area contributed by atoms with Crippen LogP contribution in [0.3, 0.4) is 0 Å². The molecule has 0 rings (SSSR count). The van der Waals surface area contributed by atoms with Gasteiger partial charge in [0.15, 0.2) is 0 Å². The van der Waals surface area contributed by atoms with Crippen molar-refractivity contribution in [2.75, 3.05) is 31.8 Å². The standard InChI is InChI=1S/C9H23P/c1-6-9-10(4,5,7-2)8-3/h6-9H2,1-5H3. The fourth-order valence-corrected chi connectivity index (χ4v) is 3.91. The molecule has 0 aromatic carbocycles. The van der Waals surface area contributed by atoms with Gasteiger partial charge in [0.1, 0.15) is 0 Å². The van der Waals surface area contributed by atoms with Gasteiger partial charge in [0.2, 0.25) is 0 Å². The molecule has 0 N–H and O–H groups in total. The molecule has 64 valence electrons. The number of hydrogen-bond acceptors (Lipinski definition) is 0. The Morgan fingerprint density at radius 3 is 1.40 bits per heavy atom. The van der Waals surface area contributed by atoms with Crippen molar-refractivity contribution in [3.8, 4) is 0 Å². The van der Waals surface area contributed by atoms with Gasteiger partial charge in [0.25, 0.3) is 0 Å². The first-order valence-electron chi connectivity index (χ1n) is 4.46. The summed E-state index contributed by atoms with van der Waals surface area (Å²) in [6.07, 6.45) is 5.71. The Bertz CT molecular complexity index is 97.3. The molecule has 0 spiro atoms. The third kappa shape index (κ3) is 2.58. The molecule has 0 saturated heterocycles. The summed E-state index contributed by atoms with van der Waals surface area (Å²) in [5.74, 6) is 0. The molecular formula is C9H23P. The van der Waals surface area contributed by atoms with E-state index in [1.807, 2.05) is 0 Å². The molecule has 0 aromatic heterocycles. The third-order valence-corrected chi connectivity index (χ3v) is 9.44. The molecule has 0 aliphatic heterocycles. The zero-order valence-electron chi connectivity index (χ0n) is 8.28. The van der Waals surface area contributed by atoms with Crippen LogP contribution < -0.4 is 0 Å². The van der Waals surface area contributed by atoms with Crippen molar-refractivity contribution < 1.29 is 0 Å². The number of hydrogen-bond donors (Lipinski definition) is 0. The molecule has 0 saturated carbocycles. The van der Waals surface area contributed by atoms with Crippen LogP contribution in [0.5, 0.6) is 0 Å². The van der Waals surface area contributed by atoms with Crippen LogP contribution in [0, 0.1) is 0 Å². The second-order valence-electron chi connectivity index (χ2n) is 4.37. The van der Waals surface area contributed by atoms with Gasteiger partial charge in [-0.3, -0.25) is 0 Å². The zero-order valence-corrected chi connectivity index (χ0v) is 9.17. The summed E-state index contributed by atoms with van der Waals surface area (Å²) in [4.78, 5) is 0. The van der Waals surface area contributed by atoms with Crippen LogP contribution in [0.25, 0.3) is 0 Å². The Kier molecular flexibility index (Phi) is 3.36. The maximum atomic E-state index is 2.54. The van der Waals surface area contributed by atoms with Crippen LogP contribution in [0.2, 0.25) is 0 Å². The molecule has 0 radical (unpaired) electrons. The fourth-order valence-electron chi connectivity index (χ4n) is 1.30. The monoisotopic (exact) mass is 162 g/mol. The Morgan fingerprint density at radius 2 is 1.30 bits per heavy atom. The van der Waals surface area contributed by atoms with Gasteiger partial charge in [-0.05, 0) is 0 Å². The average Bonchev–Trinajstić information content (AvgIpc) is 1.90. The fraction of sp³-hybridized carbons (Fsp3) is 1.00. The Balaban J connectivity index is 4.19. The van der Waals surface area contributed by atoms with Gasteiger partial charge in [-0.15, -0.1) is 0 Å². The van der Waals surface area contributed by atoms with Gasteiger partial charge < -0.3 is 0 Å². The molecule has 0 amide bonds. The zero-order chi connectivity index (χ0) is 8.28. The van der Waals surface area contributed by atoms with Crippen molar-refractivity contribution in [1.29, 1.82) is 0 Å². The second-order valence-corrected chi connectivity index (χ2v) is 12.1. The first-order chi connectivity index (χ1) is 4.46. The van der Waals surface area contributed by atoms with Crippen LogP contribution in [0.15, 0.2) is 0 Å². The van der Waals surface area contributed by atoms with Crippen molar-refractivity contribution in [2.45, 2.75) is 27.2 Å². The van der Waals surface area contributed by atoms with Gasteiger partial charge in [-0.2, -0.15) is 0 Å². The first-order valence-corrected chi connectivity index (χ1v) is 8.15. The Hall–Kier alpha value is 0.430. The molecule has 0 atom stereocenters. The SMILES string of the molecule is CCCP(C)(C)(CC)CC. The van der Waals surface area contributed by atoms with Crippen molar-refractivity contribution in [1.82, 2.24) is 0 Å². The maximum absolute atomic E-state index is 2.54. The van der Waals surface area contributed by atoms with Gasteiger partial charge in [0.05, 0.1) is 0 Å². The minimum absolute atomic E-state index is 1.16. The van der Waals surface area contributed by atoms with E-state index in [0.717, 1.165) is 0 Å². The molecule has 0 aliphatic carbocycles. The van der Waals surface area contributed by atoms with Gasteiger partial charge in [0, 0.05) is 0 Å². The summed E-state index contributed by atoms with van der Waals surface area (Å²) < 4.78 is 0. The van der Waals surface area contributed by atoms with E-state index < -0.39 is 6.60 Å². The van der Waals surface area contributed by atoms with Crippen LogP contribution in [-0.2, 0) is 0 Å². The molecular weight excluding hydrogens is 139 g/mol. The van der Waals surface area contributed by atoms with Crippen molar-refractivity contribution in [3.63, 3.8) is 0 Å². The van der Waals surface area contributed by atoms with E-state index in [-0.39, 0.29) is 0 Å². The third-order valence-electron chi connectivity index (χ3n) is 3.15. The van der Waals surface area contributed by atoms with Crippen LogP contribution in [0.1, 0.15) is 27.2 Å². The van der Waals surface area contributed by atoms with E-state index in [9.17, 15) is 0 Å². The van der Waals surface area contributed by atoms with E-state index in [0.29, 0.717) is 0 Å². The van der Waals surface area contributed by atoms with E-state index in [1.54, 1.807) is 0 Å². The van der Waals surface area contributed by atoms with Crippen LogP contribution >= 0.6 is 6.60 Å². The molecule has 0 aromatic rings. The predicted octanol–water partition coefficient (Wildman–Crippen LogP) is 3.25. The Morgan fingerprint density at radius 1 is 0.900 bits per heavy atom. The average molecular weight is 162 g/mol. The predicted molar refractivity (Wildman–Crippen MR) is 55.0 cm³/mol. The molecule has 0 nitrogen and oxygen atoms in total. The Labute approximate surface area is 66.3 Å². The molecule has 0 unspecified atom stereocenters. The van der Waals surface area contributed by atoms with Gasteiger partial charge in [-0.1, -0.05) is 0 Å². The molecule has 0 heterocycles. The van der Waals surface area contributed by atoms with E-state index in [1.165, 1.54) is 24.9 Å². The quantitative estimate of drug-likeness (QED) is 0.557. The normalized spacial score (nSPS) is 16.3. The minimum atomic E-state index is -1.16.